The summed E-state index contributed by atoms with van der Waals surface area (Å²) in [5, 5.41) is 1.07. The summed E-state index contributed by atoms with van der Waals surface area (Å²) in [4.78, 5) is 13.6. The molecule has 3 nitrogen and oxygen atoms in total. The highest BCUT2D eigenvalue weighted by molar-refractivity contribution is 6.35. The van der Waals surface area contributed by atoms with E-state index in [0.717, 1.165) is 19.4 Å². The van der Waals surface area contributed by atoms with E-state index in [9.17, 15) is 4.79 Å². The Morgan fingerprint density at radius 1 is 1.30 bits per heavy atom. The van der Waals surface area contributed by atoms with Crippen molar-refractivity contribution in [2.75, 3.05) is 20.2 Å². The normalized spacial score (nSPS) is 10.4. The Balaban J connectivity index is 2.26. The number of carbonyl (C=O) groups excluding carboxylic acids is 1. The van der Waals surface area contributed by atoms with E-state index >= 15 is 0 Å². The summed E-state index contributed by atoms with van der Waals surface area (Å²) in [7, 11) is 1.84. The maximum absolute atomic E-state index is 11.8. The van der Waals surface area contributed by atoms with Crippen molar-refractivity contribution in [2.24, 2.45) is 0 Å². The number of hydrogen-bond acceptors (Lipinski definition) is 2. The average Bonchev–Trinajstić information content (AvgIpc) is 2.42. The molecule has 20 heavy (non-hydrogen) atoms. The Hall–Kier alpha value is -0.930. The molecule has 1 aromatic rings. The van der Waals surface area contributed by atoms with Crippen molar-refractivity contribution in [1.29, 1.82) is 0 Å². The summed E-state index contributed by atoms with van der Waals surface area (Å²) in [6.45, 7) is 3.40. The Bertz CT molecular complexity index is 438. The monoisotopic (exact) mass is 317 g/mol. The van der Waals surface area contributed by atoms with Crippen molar-refractivity contribution >= 4 is 29.1 Å². The number of benzene rings is 1. The molecule has 0 unspecified atom stereocenters. The van der Waals surface area contributed by atoms with E-state index < -0.39 is 0 Å². The lowest BCUT2D eigenvalue weighted by atomic mass is 10.2. The van der Waals surface area contributed by atoms with Gasteiger partial charge in [-0.2, -0.15) is 0 Å². The number of halogens is 2. The van der Waals surface area contributed by atoms with Crippen LogP contribution in [0.2, 0.25) is 10.0 Å². The predicted octanol–water partition coefficient (Wildman–Crippen LogP) is 4.41. The third-order valence-corrected chi connectivity index (χ3v) is 3.49. The molecule has 0 saturated heterocycles. The quantitative estimate of drug-likeness (QED) is 0.664. The maximum Gasteiger partial charge on any atom is 0.222 e. The highest BCUT2D eigenvalue weighted by Gasteiger charge is 2.08. The number of nitrogens with zero attached hydrogens (tertiary/aromatic N) is 1. The molecule has 0 bridgehead atoms. The zero-order valence-electron chi connectivity index (χ0n) is 12.0. The van der Waals surface area contributed by atoms with Crippen LogP contribution >= 0.6 is 23.2 Å². The molecule has 0 aliphatic carbocycles. The van der Waals surface area contributed by atoms with Gasteiger partial charge in [0, 0.05) is 25.0 Å². The number of amides is 1. The van der Waals surface area contributed by atoms with Crippen LogP contribution in [0.4, 0.5) is 0 Å². The second-order valence-corrected chi connectivity index (χ2v) is 5.54. The lowest BCUT2D eigenvalue weighted by Crippen LogP contribution is -2.27. The van der Waals surface area contributed by atoms with Crippen LogP contribution < -0.4 is 4.74 Å². The lowest BCUT2D eigenvalue weighted by Gasteiger charge is -2.16. The minimum Gasteiger partial charge on any atom is -0.492 e. The number of rotatable bonds is 8. The van der Waals surface area contributed by atoms with Crippen LogP contribution in [0.3, 0.4) is 0 Å². The van der Waals surface area contributed by atoms with Crippen LogP contribution in [0, 0.1) is 0 Å². The van der Waals surface area contributed by atoms with E-state index in [-0.39, 0.29) is 5.91 Å². The molecule has 0 saturated carbocycles. The number of unbranched alkanes of at least 4 members (excludes halogenated alkanes) is 1. The molecule has 0 aromatic heterocycles. The summed E-state index contributed by atoms with van der Waals surface area (Å²) < 4.78 is 5.54. The third kappa shape index (κ3) is 6.02. The smallest absolute Gasteiger partial charge is 0.222 e. The van der Waals surface area contributed by atoms with E-state index in [1.807, 2.05) is 7.05 Å². The topological polar surface area (TPSA) is 29.5 Å². The highest BCUT2D eigenvalue weighted by Crippen LogP contribution is 2.27. The molecule has 1 amide bonds. The summed E-state index contributed by atoms with van der Waals surface area (Å²) >= 11 is 11.8. The van der Waals surface area contributed by atoms with Gasteiger partial charge < -0.3 is 9.64 Å². The fourth-order valence-electron chi connectivity index (χ4n) is 1.71. The van der Waals surface area contributed by atoms with Crippen molar-refractivity contribution in [3.63, 3.8) is 0 Å². The molecule has 0 aliphatic heterocycles. The Morgan fingerprint density at radius 3 is 2.70 bits per heavy atom. The first-order valence-electron chi connectivity index (χ1n) is 6.86. The first-order valence-corrected chi connectivity index (χ1v) is 7.62. The Morgan fingerprint density at radius 2 is 2.05 bits per heavy atom. The van der Waals surface area contributed by atoms with Crippen LogP contribution in [0.15, 0.2) is 18.2 Å². The molecule has 1 aromatic carbocycles. The van der Waals surface area contributed by atoms with Gasteiger partial charge in [-0.3, -0.25) is 4.79 Å². The summed E-state index contributed by atoms with van der Waals surface area (Å²) in [5.74, 6) is 0.757. The summed E-state index contributed by atoms with van der Waals surface area (Å²) in [6.07, 6.45) is 3.30. The van der Waals surface area contributed by atoms with Crippen molar-refractivity contribution in [3.05, 3.63) is 28.2 Å². The Labute approximate surface area is 130 Å². The van der Waals surface area contributed by atoms with Gasteiger partial charge in [0.05, 0.1) is 11.6 Å². The minimum absolute atomic E-state index is 0.157. The van der Waals surface area contributed by atoms with Gasteiger partial charge in [-0.25, -0.2) is 0 Å². The van der Waals surface area contributed by atoms with Crippen LogP contribution in [0.1, 0.15) is 32.6 Å². The molecule has 0 aliphatic rings. The minimum atomic E-state index is 0.157. The van der Waals surface area contributed by atoms with Gasteiger partial charge in [0.25, 0.3) is 0 Å². The molecule has 0 spiro atoms. The zero-order valence-corrected chi connectivity index (χ0v) is 13.5. The first kappa shape index (κ1) is 17.1. The van der Waals surface area contributed by atoms with Gasteiger partial charge in [-0.15, -0.1) is 0 Å². The fraction of sp³-hybridized carbons (Fsp3) is 0.533. The third-order valence-electron chi connectivity index (χ3n) is 2.96. The van der Waals surface area contributed by atoms with Crippen LogP contribution in [0.5, 0.6) is 5.75 Å². The molecule has 1 rings (SSSR count). The molecular weight excluding hydrogens is 297 g/mol. The first-order chi connectivity index (χ1) is 9.54. The van der Waals surface area contributed by atoms with E-state index in [1.54, 1.807) is 23.1 Å². The summed E-state index contributed by atoms with van der Waals surface area (Å²) in [6, 6.07) is 5.11. The largest absolute Gasteiger partial charge is 0.492 e. The van der Waals surface area contributed by atoms with Crippen LogP contribution in [-0.4, -0.2) is 31.0 Å². The van der Waals surface area contributed by atoms with Gasteiger partial charge >= 0.3 is 0 Å². The van der Waals surface area contributed by atoms with Gasteiger partial charge in [-0.05, 0) is 31.0 Å². The second kappa shape index (κ2) is 9.09. The van der Waals surface area contributed by atoms with Crippen molar-refractivity contribution in [2.45, 2.75) is 32.6 Å². The van der Waals surface area contributed by atoms with E-state index in [4.69, 9.17) is 27.9 Å². The van der Waals surface area contributed by atoms with Gasteiger partial charge in [0.1, 0.15) is 5.75 Å². The molecular formula is C15H21Cl2NO2. The highest BCUT2D eigenvalue weighted by atomic mass is 35.5. The van der Waals surface area contributed by atoms with Gasteiger partial charge in [0.15, 0.2) is 0 Å². The fourth-order valence-corrected chi connectivity index (χ4v) is 2.17. The van der Waals surface area contributed by atoms with Crippen molar-refractivity contribution in [3.8, 4) is 5.75 Å². The summed E-state index contributed by atoms with van der Waals surface area (Å²) in [5.41, 5.74) is 0. The number of ether oxygens (including phenoxy) is 1. The molecule has 0 heterocycles. The molecule has 0 fully saturated rings. The van der Waals surface area contributed by atoms with Crippen LogP contribution in [-0.2, 0) is 4.79 Å². The SMILES string of the molecule is CCCCN(C)C(=O)CCCOc1ccc(Cl)cc1Cl. The van der Waals surface area contributed by atoms with Crippen molar-refractivity contribution < 1.29 is 9.53 Å². The number of hydrogen-bond donors (Lipinski definition) is 0. The van der Waals surface area contributed by atoms with Crippen LogP contribution in [0.25, 0.3) is 0 Å². The maximum atomic E-state index is 11.8. The average molecular weight is 318 g/mol. The second-order valence-electron chi connectivity index (χ2n) is 4.70. The number of carbonyl (C=O) groups is 1. The molecule has 0 N–H and O–H groups in total. The Kier molecular flexibility index (Phi) is 7.78. The molecule has 5 heteroatoms. The van der Waals surface area contributed by atoms with Gasteiger partial charge in [0.2, 0.25) is 5.91 Å². The van der Waals surface area contributed by atoms with Gasteiger partial charge in [-0.1, -0.05) is 36.5 Å². The van der Waals surface area contributed by atoms with E-state index in [2.05, 4.69) is 6.92 Å². The molecule has 112 valence electrons. The zero-order chi connectivity index (χ0) is 15.0. The lowest BCUT2D eigenvalue weighted by molar-refractivity contribution is -0.130. The van der Waals surface area contributed by atoms with E-state index in [1.165, 1.54) is 0 Å². The molecule has 0 radical (unpaired) electrons. The standard InChI is InChI=1S/C15H21Cl2NO2/c1-3-4-9-18(2)15(19)6-5-10-20-14-8-7-12(16)11-13(14)17/h7-8,11H,3-6,9-10H2,1-2H3. The molecule has 0 atom stereocenters. The van der Waals surface area contributed by atoms with E-state index in [0.29, 0.717) is 35.2 Å². The van der Waals surface area contributed by atoms with Crippen molar-refractivity contribution in [1.82, 2.24) is 4.90 Å². The predicted molar refractivity (Wildman–Crippen MR) is 83.7 cm³/mol.